The third-order valence-electron chi connectivity index (χ3n) is 5.89. The summed E-state index contributed by atoms with van der Waals surface area (Å²) in [6, 6.07) is 9.12. The maximum atomic E-state index is 13.1. The summed E-state index contributed by atoms with van der Waals surface area (Å²) in [7, 11) is 0. The van der Waals surface area contributed by atoms with Crippen LogP contribution < -0.4 is 10.5 Å². The molecule has 1 fully saturated rings. The average Bonchev–Trinajstić information content (AvgIpc) is 3.16. The molecule has 3 aromatic rings. The number of rotatable bonds is 4. The molecule has 11 heteroatoms. The minimum absolute atomic E-state index is 0.274. The molecular formula is C23H25F3N6O2. The smallest absolute Gasteiger partial charge is 0.368 e. The summed E-state index contributed by atoms with van der Waals surface area (Å²) in [5.41, 5.74) is 1.00. The van der Waals surface area contributed by atoms with Crippen LogP contribution in [0.15, 0.2) is 47.3 Å². The number of nitrogens with zero attached hydrogens (tertiary/aromatic N) is 6. The van der Waals surface area contributed by atoms with E-state index in [0.717, 1.165) is 28.2 Å². The molecule has 0 aliphatic carbocycles. The fraction of sp³-hybridized carbons (Fsp3) is 0.391. The van der Waals surface area contributed by atoms with Crippen molar-refractivity contribution in [3.8, 4) is 5.82 Å². The van der Waals surface area contributed by atoms with Gasteiger partial charge in [-0.25, -0.2) is 9.36 Å². The van der Waals surface area contributed by atoms with Crippen molar-refractivity contribution in [2.24, 2.45) is 0 Å². The molecule has 3 heterocycles. The highest BCUT2D eigenvalue weighted by atomic mass is 19.4. The van der Waals surface area contributed by atoms with Crippen molar-refractivity contribution in [1.29, 1.82) is 0 Å². The van der Waals surface area contributed by atoms with Gasteiger partial charge in [0.2, 0.25) is 5.91 Å². The second-order valence-electron chi connectivity index (χ2n) is 8.35. The van der Waals surface area contributed by atoms with Crippen LogP contribution in [-0.4, -0.2) is 56.5 Å². The Morgan fingerprint density at radius 2 is 1.71 bits per heavy atom. The van der Waals surface area contributed by atoms with Gasteiger partial charge in [-0.1, -0.05) is 6.07 Å². The Hall–Kier alpha value is -3.63. The molecule has 0 bridgehead atoms. The number of hydrogen-bond acceptors (Lipinski definition) is 5. The van der Waals surface area contributed by atoms with E-state index in [4.69, 9.17) is 0 Å². The zero-order chi connectivity index (χ0) is 24.6. The Bertz CT molecular complexity index is 1260. The van der Waals surface area contributed by atoms with Crippen molar-refractivity contribution < 1.29 is 18.0 Å². The van der Waals surface area contributed by atoms with Gasteiger partial charge in [0, 0.05) is 43.6 Å². The molecule has 180 valence electrons. The number of aryl methyl sites for hydroxylation is 2. The van der Waals surface area contributed by atoms with Crippen LogP contribution in [0.25, 0.3) is 5.82 Å². The summed E-state index contributed by atoms with van der Waals surface area (Å²) in [5, 5.41) is 8.74. The molecule has 0 radical (unpaired) electrons. The predicted molar refractivity (Wildman–Crippen MR) is 120 cm³/mol. The maximum absolute atomic E-state index is 13.1. The van der Waals surface area contributed by atoms with E-state index in [2.05, 4.69) is 10.2 Å². The average molecular weight is 474 g/mol. The van der Waals surface area contributed by atoms with Gasteiger partial charge in [-0.05, 0) is 51.1 Å². The molecule has 0 spiro atoms. The van der Waals surface area contributed by atoms with Crippen LogP contribution in [0, 0.1) is 13.8 Å². The molecule has 1 saturated heterocycles. The largest absolute Gasteiger partial charge is 0.416 e. The third kappa shape index (κ3) is 4.68. The van der Waals surface area contributed by atoms with Gasteiger partial charge < -0.3 is 9.80 Å². The SMILES string of the molecule is Cc1cc(C)n(-c2ccc(=O)n(C(C)C(=O)N3CCN(c4cccc(C(F)(F)F)c4)CC3)n2)n1. The van der Waals surface area contributed by atoms with Gasteiger partial charge >= 0.3 is 6.18 Å². The van der Waals surface area contributed by atoms with Crippen LogP contribution in [0.2, 0.25) is 0 Å². The minimum atomic E-state index is -4.41. The van der Waals surface area contributed by atoms with Gasteiger partial charge in [-0.2, -0.15) is 18.3 Å². The van der Waals surface area contributed by atoms with E-state index in [1.165, 1.54) is 12.1 Å². The topological polar surface area (TPSA) is 76.3 Å². The maximum Gasteiger partial charge on any atom is 0.416 e. The molecular weight excluding hydrogens is 449 g/mol. The van der Waals surface area contributed by atoms with Crippen LogP contribution in [0.1, 0.15) is 29.9 Å². The number of aromatic nitrogens is 4. The Morgan fingerprint density at radius 3 is 2.32 bits per heavy atom. The fourth-order valence-corrected chi connectivity index (χ4v) is 4.10. The van der Waals surface area contributed by atoms with Crippen LogP contribution >= 0.6 is 0 Å². The number of alkyl halides is 3. The monoisotopic (exact) mass is 474 g/mol. The number of hydrogen-bond donors (Lipinski definition) is 0. The van der Waals surface area contributed by atoms with Gasteiger partial charge in [-0.3, -0.25) is 9.59 Å². The van der Waals surface area contributed by atoms with E-state index < -0.39 is 23.3 Å². The van der Waals surface area contributed by atoms with E-state index in [1.54, 1.807) is 28.6 Å². The quantitative estimate of drug-likeness (QED) is 0.581. The fourth-order valence-electron chi connectivity index (χ4n) is 4.10. The van der Waals surface area contributed by atoms with Crippen molar-refractivity contribution >= 4 is 11.6 Å². The van der Waals surface area contributed by atoms with Crippen LogP contribution in [0.3, 0.4) is 0 Å². The zero-order valence-corrected chi connectivity index (χ0v) is 19.1. The Kier molecular flexibility index (Phi) is 6.20. The molecule has 34 heavy (non-hydrogen) atoms. The molecule has 1 unspecified atom stereocenters. The Balaban J connectivity index is 1.47. The standard InChI is InChI=1S/C23H25F3N6O2/c1-15-13-16(2)31(27-15)20-7-8-21(33)32(28-20)17(3)22(34)30-11-9-29(10-12-30)19-6-4-5-18(14-19)23(24,25)26/h4-8,13-14,17H,9-12H2,1-3H3. The summed E-state index contributed by atoms with van der Waals surface area (Å²) in [6.07, 6.45) is -4.41. The van der Waals surface area contributed by atoms with Crippen molar-refractivity contribution in [3.63, 3.8) is 0 Å². The second kappa shape index (κ2) is 8.96. The van der Waals surface area contributed by atoms with Crippen molar-refractivity contribution in [2.75, 3.05) is 31.1 Å². The molecule has 8 nitrogen and oxygen atoms in total. The lowest BCUT2D eigenvalue weighted by Crippen LogP contribution is -2.51. The highest BCUT2D eigenvalue weighted by molar-refractivity contribution is 5.80. The Morgan fingerprint density at radius 1 is 1.00 bits per heavy atom. The number of carbonyl (C=O) groups excluding carboxylic acids is 1. The summed E-state index contributed by atoms with van der Waals surface area (Å²) in [5.74, 6) is 0.156. The Labute approximate surface area is 194 Å². The molecule has 4 rings (SSSR count). The van der Waals surface area contributed by atoms with E-state index in [-0.39, 0.29) is 5.91 Å². The number of benzene rings is 1. The predicted octanol–water partition coefficient (Wildman–Crippen LogP) is 2.97. The molecule has 1 amide bonds. The van der Waals surface area contributed by atoms with Gasteiger partial charge in [0.25, 0.3) is 5.56 Å². The van der Waals surface area contributed by atoms with Gasteiger partial charge in [0.1, 0.15) is 6.04 Å². The van der Waals surface area contributed by atoms with Crippen LogP contribution in [0.5, 0.6) is 0 Å². The molecule has 1 aromatic carbocycles. The summed E-state index contributed by atoms with van der Waals surface area (Å²) in [6.45, 7) is 6.75. The summed E-state index contributed by atoms with van der Waals surface area (Å²) >= 11 is 0. The van der Waals surface area contributed by atoms with E-state index >= 15 is 0 Å². The third-order valence-corrected chi connectivity index (χ3v) is 5.89. The second-order valence-corrected chi connectivity index (χ2v) is 8.35. The molecule has 1 aliphatic rings. The van der Waals surface area contributed by atoms with E-state index in [9.17, 15) is 22.8 Å². The highest BCUT2D eigenvalue weighted by Crippen LogP contribution is 2.32. The van der Waals surface area contributed by atoms with E-state index in [0.29, 0.717) is 37.7 Å². The van der Waals surface area contributed by atoms with Gasteiger partial charge in [0.05, 0.1) is 11.3 Å². The zero-order valence-electron chi connectivity index (χ0n) is 19.1. The number of amides is 1. The highest BCUT2D eigenvalue weighted by Gasteiger charge is 2.32. The number of piperazine rings is 1. The molecule has 1 aliphatic heterocycles. The number of halogens is 3. The normalized spacial score (nSPS) is 15.5. The van der Waals surface area contributed by atoms with Crippen LogP contribution in [0.4, 0.5) is 18.9 Å². The number of carbonyl (C=O) groups is 1. The van der Waals surface area contributed by atoms with Crippen molar-refractivity contribution in [3.05, 3.63) is 69.8 Å². The molecule has 1 atom stereocenters. The summed E-state index contributed by atoms with van der Waals surface area (Å²) in [4.78, 5) is 29.0. The van der Waals surface area contributed by atoms with Gasteiger partial charge in [-0.15, -0.1) is 5.10 Å². The van der Waals surface area contributed by atoms with Gasteiger partial charge in [0.15, 0.2) is 5.82 Å². The first-order chi connectivity index (χ1) is 16.0. The lowest BCUT2D eigenvalue weighted by molar-refractivity contribution is -0.137. The van der Waals surface area contributed by atoms with Crippen molar-refractivity contribution in [2.45, 2.75) is 33.0 Å². The van der Waals surface area contributed by atoms with E-state index in [1.807, 2.05) is 24.8 Å². The van der Waals surface area contributed by atoms with Crippen molar-refractivity contribution in [1.82, 2.24) is 24.5 Å². The lowest BCUT2D eigenvalue weighted by Gasteiger charge is -2.37. The minimum Gasteiger partial charge on any atom is -0.368 e. The molecule has 2 aromatic heterocycles. The molecule has 0 saturated carbocycles. The number of anilines is 1. The summed E-state index contributed by atoms with van der Waals surface area (Å²) < 4.78 is 41.9. The lowest BCUT2D eigenvalue weighted by atomic mass is 10.1. The molecule has 0 N–H and O–H groups in total. The van der Waals surface area contributed by atoms with Crippen LogP contribution in [-0.2, 0) is 11.0 Å². The first-order valence-corrected chi connectivity index (χ1v) is 10.9. The first kappa shape index (κ1) is 23.5. The first-order valence-electron chi connectivity index (χ1n) is 10.9.